The SMILES string of the molecule is Cl.N[C@H]1CCN(Cc2nccnc2Cl)C1. The molecule has 1 aromatic rings. The fourth-order valence-corrected chi connectivity index (χ4v) is 1.84. The molecule has 84 valence electrons. The molecule has 0 spiro atoms. The molecule has 1 fully saturated rings. The summed E-state index contributed by atoms with van der Waals surface area (Å²) >= 11 is 5.91. The molecule has 2 N–H and O–H groups in total. The van der Waals surface area contributed by atoms with Gasteiger partial charge in [-0.25, -0.2) is 4.98 Å². The number of hydrogen-bond donors (Lipinski definition) is 1. The van der Waals surface area contributed by atoms with E-state index in [0.29, 0.717) is 11.2 Å². The zero-order valence-electron chi connectivity index (χ0n) is 8.27. The third kappa shape index (κ3) is 3.28. The molecule has 6 heteroatoms. The molecule has 1 aromatic heterocycles. The highest BCUT2D eigenvalue weighted by atomic mass is 35.5. The van der Waals surface area contributed by atoms with Gasteiger partial charge in [0.1, 0.15) is 0 Å². The zero-order chi connectivity index (χ0) is 9.97. The predicted molar refractivity (Wildman–Crippen MR) is 62.2 cm³/mol. The number of nitrogens with two attached hydrogens (primary N) is 1. The van der Waals surface area contributed by atoms with Crippen molar-refractivity contribution in [2.45, 2.75) is 19.0 Å². The molecule has 15 heavy (non-hydrogen) atoms. The van der Waals surface area contributed by atoms with Crippen LogP contribution in [0.25, 0.3) is 0 Å². The van der Waals surface area contributed by atoms with Gasteiger partial charge in [0, 0.05) is 38.1 Å². The van der Waals surface area contributed by atoms with Crippen molar-refractivity contribution in [3.8, 4) is 0 Å². The van der Waals surface area contributed by atoms with E-state index in [-0.39, 0.29) is 12.4 Å². The average molecular weight is 249 g/mol. The van der Waals surface area contributed by atoms with Crippen LogP contribution < -0.4 is 5.73 Å². The standard InChI is InChI=1S/C9H13ClN4.ClH/c10-9-8(12-2-3-13-9)6-14-4-1-7(11)5-14;/h2-3,7H,1,4-6,11H2;1H/t7-;/m0./s1. The summed E-state index contributed by atoms with van der Waals surface area (Å²) in [7, 11) is 0. The maximum absolute atomic E-state index is 5.91. The van der Waals surface area contributed by atoms with E-state index in [2.05, 4.69) is 14.9 Å². The summed E-state index contributed by atoms with van der Waals surface area (Å²) in [6, 6.07) is 0.297. The van der Waals surface area contributed by atoms with Crippen LogP contribution in [0.1, 0.15) is 12.1 Å². The van der Waals surface area contributed by atoms with Crippen LogP contribution in [0.5, 0.6) is 0 Å². The Bertz CT molecular complexity index is 321. The van der Waals surface area contributed by atoms with Gasteiger partial charge in [-0.05, 0) is 6.42 Å². The Kier molecular flexibility index (Phi) is 4.73. The molecule has 1 aliphatic rings. The van der Waals surface area contributed by atoms with Gasteiger partial charge in [-0.2, -0.15) is 0 Å². The van der Waals surface area contributed by atoms with Gasteiger partial charge in [-0.15, -0.1) is 12.4 Å². The monoisotopic (exact) mass is 248 g/mol. The fourth-order valence-electron chi connectivity index (χ4n) is 1.67. The van der Waals surface area contributed by atoms with Gasteiger partial charge in [0.25, 0.3) is 0 Å². The maximum Gasteiger partial charge on any atom is 0.151 e. The number of likely N-dealkylation sites (tertiary alicyclic amines) is 1. The predicted octanol–water partition coefficient (Wildman–Crippen LogP) is 1.08. The highest BCUT2D eigenvalue weighted by molar-refractivity contribution is 6.29. The average Bonchev–Trinajstić information content (AvgIpc) is 2.56. The van der Waals surface area contributed by atoms with Crippen molar-refractivity contribution in [1.29, 1.82) is 0 Å². The summed E-state index contributed by atoms with van der Waals surface area (Å²) in [4.78, 5) is 10.4. The van der Waals surface area contributed by atoms with E-state index in [0.717, 1.165) is 31.7 Å². The fraction of sp³-hybridized carbons (Fsp3) is 0.556. The molecule has 1 saturated heterocycles. The van der Waals surface area contributed by atoms with E-state index < -0.39 is 0 Å². The quantitative estimate of drug-likeness (QED) is 0.852. The van der Waals surface area contributed by atoms with Gasteiger partial charge in [0.2, 0.25) is 0 Å². The van der Waals surface area contributed by atoms with Gasteiger partial charge < -0.3 is 5.73 Å². The Morgan fingerprint density at radius 1 is 1.47 bits per heavy atom. The summed E-state index contributed by atoms with van der Waals surface area (Å²) < 4.78 is 0. The molecule has 2 heterocycles. The minimum Gasteiger partial charge on any atom is -0.326 e. The van der Waals surface area contributed by atoms with Gasteiger partial charge in [0.05, 0.1) is 5.69 Å². The molecule has 0 unspecified atom stereocenters. The Morgan fingerprint density at radius 3 is 2.80 bits per heavy atom. The lowest BCUT2D eigenvalue weighted by atomic mass is 10.3. The zero-order valence-corrected chi connectivity index (χ0v) is 9.84. The molecule has 0 aliphatic carbocycles. The van der Waals surface area contributed by atoms with Crippen molar-refractivity contribution >= 4 is 24.0 Å². The Hall–Kier alpha value is -0.420. The highest BCUT2D eigenvalue weighted by Crippen LogP contribution is 2.15. The first-order chi connectivity index (χ1) is 6.75. The molecule has 2 rings (SSSR count). The normalized spacial score (nSPS) is 21.3. The van der Waals surface area contributed by atoms with Crippen LogP contribution in [0.15, 0.2) is 12.4 Å². The molecule has 0 saturated carbocycles. The number of hydrogen-bond acceptors (Lipinski definition) is 4. The molecule has 1 aliphatic heterocycles. The Morgan fingerprint density at radius 2 is 2.20 bits per heavy atom. The van der Waals surface area contributed by atoms with Gasteiger partial charge in [-0.1, -0.05) is 11.6 Å². The first-order valence-electron chi connectivity index (χ1n) is 4.69. The van der Waals surface area contributed by atoms with Crippen LogP contribution in [0.4, 0.5) is 0 Å². The van der Waals surface area contributed by atoms with Crippen molar-refractivity contribution in [2.24, 2.45) is 5.73 Å². The summed E-state index contributed by atoms with van der Waals surface area (Å²) in [6.45, 7) is 2.70. The lowest BCUT2D eigenvalue weighted by Gasteiger charge is -2.14. The van der Waals surface area contributed by atoms with Gasteiger partial charge in [0.15, 0.2) is 5.15 Å². The Balaban J connectivity index is 0.00000112. The summed E-state index contributed by atoms with van der Waals surface area (Å²) in [5, 5.41) is 0.493. The minimum atomic E-state index is 0. The van der Waals surface area contributed by atoms with E-state index in [4.69, 9.17) is 17.3 Å². The smallest absolute Gasteiger partial charge is 0.151 e. The van der Waals surface area contributed by atoms with Crippen molar-refractivity contribution in [3.05, 3.63) is 23.2 Å². The molecular weight excluding hydrogens is 235 g/mol. The van der Waals surface area contributed by atoms with Crippen LogP contribution in [0.2, 0.25) is 5.15 Å². The lowest BCUT2D eigenvalue weighted by Crippen LogP contribution is -2.26. The van der Waals surface area contributed by atoms with Crippen molar-refractivity contribution in [3.63, 3.8) is 0 Å². The Labute approximate surface area is 100 Å². The second kappa shape index (κ2) is 5.61. The van der Waals surface area contributed by atoms with Crippen molar-refractivity contribution in [2.75, 3.05) is 13.1 Å². The van der Waals surface area contributed by atoms with E-state index in [1.807, 2.05) is 0 Å². The van der Waals surface area contributed by atoms with E-state index in [1.165, 1.54) is 0 Å². The second-order valence-corrected chi connectivity index (χ2v) is 3.94. The van der Waals surface area contributed by atoms with Crippen LogP contribution in [-0.4, -0.2) is 34.0 Å². The first-order valence-corrected chi connectivity index (χ1v) is 5.07. The van der Waals surface area contributed by atoms with E-state index in [9.17, 15) is 0 Å². The lowest BCUT2D eigenvalue weighted by molar-refractivity contribution is 0.322. The summed E-state index contributed by atoms with van der Waals surface area (Å²) in [5.41, 5.74) is 6.64. The third-order valence-electron chi connectivity index (χ3n) is 2.41. The van der Waals surface area contributed by atoms with Crippen molar-refractivity contribution < 1.29 is 0 Å². The van der Waals surface area contributed by atoms with E-state index >= 15 is 0 Å². The maximum atomic E-state index is 5.91. The molecule has 4 nitrogen and oxygen atoms in total. The summed E-state index contributed by atoms with van der Waals surface area (Å²) in [6.07, 6.45) is 4.32. The minimum absolute atomic E-state index is 0. The van der Waals surface area contributed by atoms with Crippen LogP contribution >= 0.6 is 24.0 Å². The molecular formula is C9H14Cl2N4. The molecule has 0 bridgehead atoms. The molecule has 1 atom stereocenters. The first kappa shape index (κ1) is 12.6. The van der Waals surface area contributed by atoms with Crippen LogP contribution in [0.3, 0.4) is 0 Å². The number of aromatic nitrogens is 2. The van der Waals surface area contributed by atoms with Crippen molar-refractivity contribution in [1.82, 2.24) is 14.9 Å². The van der Waals surface area contributed by atoms with Gasteiger partial charge in [-0.3, -0.25) is 9.88 Å². The molecule has 0 radical (unpaired) electrons. The topological polar surface area (TPSA) is 55.0 Å². The largest absolute Gasteiger partial charge is 0.326 e. The van der Waals surface area contributed by atoms with E-state index in [1.54, 1.807) is 12.4 Å². The third-order valence-corrected chi connectivity index (χ3v) is 2.72. The van der Waals surface area contributed by atoms with Crippen LogP contribution in [0, 0.1) is 0 Å². The molecule has 0 aromatic carbocycles. The van der Waals surface area contributed by atoms with Crippen LogP contribution in [-0.2, 0) is 6.54 Å². The number of rotatable bonds is 2. The highest BCUT2D eigenvalue weighted by Gasteiger charge is 2.20. The second-order valence-electron chi connectivity index (χ2n) is 3.58. The van der Waals surface area contributed by atoms with Gasteiger partial charge >= 0.3 is 0 Å². The summed E-state index contributed by atoms with van der Waals surface area (Å²) in [5.74, 6) is 0. The number of nitrogens with zero attached hydrogens (tertiary/aromatic N) is 3. The number of halogens is 2. The molecule has 0 amide bonds.